The Bertz CT molecular complexity index is 707. The van der Waals surface area contributed by atoms with Crippen LogP contribution in [0.1, 0.15) is 60.3 Å². The van der Waals surface area contributed by atoms with Crippen molar-refractivity contribution in [2.75, 3.05) is 0 Å². The number of hydrogen-bond donors (Lipinski definition) is 5. The van der Waals surface area contributed by atoms with Crippen molar-refractivity contribution in [2.45, 2.75) is 95.4 Å². The molecule has 7 heteroatoms. The molecule has 0 aromatic rings. The molecule has 7 nitrogen and oxygen atoms in total. The molecule has 1 saturated heterocycles. The van der Waals surface area contributed by atoms with Gasteiger partial charge in [-0.1, -0.05) is 26.8 Å². The summed E-state index contributed by atoms with van der Waals surface area (Å²) in [7, 11) is 0. The Balaban J connectivity index is 2.30. The number of aliphatic hydroxyl groups excluding tert-OH is 3. The first kappa shape index (κ1) is 22.7. The third-order valence-corrected chi connectivity index (χ3v) is 8.52. The molecule has 29 heavy (non-hydrogen) atoms. The third kappa shape index (κ3) is 2.85. The molecule has 3 aliphatic rings. The van der Waals surface area contributed by atoms with Gasteiger partial charge in [0, 0.05) is 23.7 Å². The van der Waals surface area contributed by atoms with E-state index >= 15 is 0 Å². The van der Waals surface area contributed by atoms with E-state index < -0.39 is 70.2 Å². The van der Waals surface area contributed by atoms with Gasteiger partial charge in [-0.2, -0.15) is 0 Å². The molecule has 2 saturated carbocycles. The van der Waals surface area contributed by atoms with Gasteiger partial charge >= 0.3 is 5.97 Å². The lowest BCUT2D eigenvalue weighted by molar-refractivity contribution is -0.384. The fraction of sp³-hybridized carbons (Fsp3) is 0.864. The van der Waals surface area contributed by atoms with Crippen molar-refractivity contribution in [3.8, 4) is 0 Å². The molecule has 0 bridgehead atoms. The van der Waals surface area contributed by atoms with E-state index in [2.05, 4.69) is 6.58 Å². The predicted molar refractivity (Wildman–Crippen MR) is 106 cm³/mol. The second-order valence-corrected chi connectivity index (χ2v) is 10.8. The molecular formula is C22H36O7. The lowest BCUT2D eigenvalue weighted by Crippen LogP contribution is -2.82. The van der Waals surface area contributed by atoms with Crippen LogP contribution in [0.25, 0.3) is 0 Å². The van der Waals surface area contributed by atoms with Crippen molar-refractivity contribution in [3.63, 3.8) is 0 Å². The second kappa shape index (κ2) is 6.50. The molecule has 0 spiro atoms. The highest BCUT2D eigenvalue weighted by molar-refractivity contribution is 5.69. The number of ether oxygens (including phenoxy) is 1. The zero-order chi connectivity index (χ0) is 22.2. The lowest BCUT2D eigenvalue weighted by atomic mass is 9.39. The van der Waals surface area contributed by atoms with Crippen LogP contribution in [0, 0.1) is 22.7 Å². The van der Waals surface area contributed by atoms with Gasteiger partial charge in [-0.25, -0.2) is 0 Å². The molecule has 0 radical (unpaired) electrons. The van der Waals surface area contributed by atoms with Crippen LogP contribution in [0.2, 0.25) is 0 Å². The van der Waals surface area contributed by atoms with Crippen molar-refractivity contribution >= 4 is 5.97 Å². The van der Waals surface area contributed by atoms with E-state index in [1.54, 1.807) is 13.8 Å². The van der Waals surface area contributed by atoms with Crippen LogP contribution >= 0.6 is 0 Å². The maximum Gasteiger partial charge on any atom is 0.306 e. The second-order valence-electron chi connectivity index (χ2n) is 10.8. The molecule has 9 atom stereocenters. The first-order valence-electron chi connectivity index (χ1n) is 10.4. The first-order chi connectivity index (χ1) is 13.1. The van der Waals surface area contributed by atoms with Gasteiger partial charge in [-0.3, -0.25) is 4.79 Å². The number of aliphatic hydroxyl groups is 4. The summed E-state index contributed by atoms with van der Waals surface area (Å²) < 4.78 is 6.34. The number of rotatable bonds is 3. The van der Waals surface area contributed by atoms with Crippen LogP contribution in [-0.2, 0) is 9.53 Å². The van der Waals surface area contributed by atoms with E-state index in [4.69, 9.17) is 4.74 Å². The molecule has 1 heterocycles. The average molecular weight is 413 g/mol. The van der Waals surface area contributed by atoms with E-state index in [1.165, 1.54) is 6.08 Å². The molecule has 1 aliphatic heterocycles. The molecule has 166 valence electrons. The van der Waals surface area contributed by atoms with Gasteiger partial charge in [0.2, 0.25) is 0 Å². The normalized spacial score (nSPS) is 54.2. The van der Waals surface area contributed by atoms with E-state index in [-0.39, 0.29) is 6.42 Å². The largest absolute Gasteiger partial charge is 0.481 e. The maximum absolute atomic E-state index is 11.8. The summed E-state index contributed by atoms with van der Waals surface area (Å²) in [5, 5.41) is 55.3. The van der Waals surface area contributed by atoms with Gasteiger partial charge in [-0.15, -0.1) is 6.58 Å². The van der Waals surface area contributed by atoms with Gasteiger partial charge in [-0.05, 0) is 32.1 Å². The number of carboxylic acid groups (broad SMARTS) is 1. The van der Waals surface area contributed by atoms with Crippen LogP contribution < -0.4 is 0 Å². The fourth-order valence-corrected chi connectivity index (χ4v) is 7.25. The fourth-order valence-electron chi connectivity index (χ4n) is 7.25. The Labute approximate surface area is 172 Å². The number of aliphatic carboxylic acids is 1. The highest BCUT2D eigenvalue weighted by Crippen LogP contribution is 2.68. The van der Waals surface area contributed by atoms with Gasteiger partial charge < -0.3 is 30.3 Å². The minimum atomic E-state index is -2.16. The first-order valence-corrected chi connectivity index (χ1v) is 10.4. The maximum atomic E-state index is 11.8. The topological polar surface area (TPSA) is 127 Å². The SMILES string of the molecule is C=C[C@@]1(C)C[C@H](O)[C@@H]2[C@@]3(C)[C@@H](O)CCC(C)(C)[C@@H]3[C@H](O)[C@@](O)(CC(=O)O)[C@@]2(C)O1. The summed E-state index contributed by atoms with van der Waals surface area (Å²) in [6.45, 7) is 12.8. The standard InChI is InChI=1S/C22H36O7/c1-7-19(4)10-12(23)15-20(5)13(24)8-9-18(2,3)16(20)17(27)22(28,11-14(25)26)21(15,6)29-19/h7,12-13,15-17,23-24,27-28H,1,8-11H2,2-6H3,(H,25,26)/t12-,13-,15+,16-,17-,19-,20+,21-,22-/m0/s1. The summed E-state index contributed by atoms with van der Waals surface area (Å²) in [6, 6.07) is 0. The molecule has 0 unspecified atom stereocenters. The number of hydrogen-bond acceptors (Lipinski definition) is 6. The lowest BCUT2D eigenvalue weighted by Gasteiger charge is -2.72. The van der Waals surface area contributed by atoms with Crippen molar-refractivity contribution in [2.24, 2.45) is 22.7 Å². The smallest absolute Gasteiger partial charge is 0.306 e. The van der Waals surface area contributed by atoms with E-state index in [1.807, 2.05) is 20.8 Å². The van der Waals surface area contributed by atoms with Crippen LogP contribution in [0.5, 0.6) is 0 Å². The van der Waals surface area contributed by atoms with E-state index in [0.29, 0.717) is 12.8 Å². The number of carboxylic acids is 1. The van der Waals surface area contributed by atoms with Crippen molar-refractivity contribution in [1.29, 1.82) is 0 Å². The summed E-state index contributed by atoms with van der Waals surface area (Å²) in [5.74, 6) is -2.68. The summed E-state index contributed by atoms with van der Waals surface area (Å²) in [5.41, 5.74) is -6.27. The Kier molecular flexibility index (Phi) is 5.09. The third-order valence-electron chi connectivity index (χ3n) is 8.52. The average Bonchev–Trinajstić information content (AvgIpc) is 2.55. The minimum absolute atomic E-state index is 0.200. The highest BCUT2D eigenvalue weighted by atomic mass is 16.5. The van der Waals surface area contributed by atoms with E-state index in [0.717, 1.165) is 0 Å². The summed E-state index contributed by atoms with van der Waals surface area (Å²) in [4.78, 5) is 11.8. The number of fused-ring (bicyclic) bond motifs is 3. The van der Waals surface area contributed by atoms with Crippen LogP contribution in [0.15, 0.2) is 12.7 Å². The number of carbonyl (C=O) groups is 1. The summed E-state index contributed by atoms with van der Waals surface area (Å²) >= 11 is 0. The zero-order valence-electron chi connectivity index (χ0n) is 18.1. The Morgan fingerprint density at radius 2 is 1.72 bits per heavy atom. The van der Waals surface area contributed by atoms with Crippen LogP contribution in [-0.4, -0.2) is 66.6 Å². The molecule has 0 aromatic carbocycles. The highest BCUT2D eigenvalue weighted by Gasteiger charge is 2.77. The van der Waals surface area contributed by atoms with Crippen LogP contribution in [0.4, 0.5) is 0 Å². The van der Waals surface area contributed by atoms with Crippen molar-refractivity contribution < 1.29 is 35.1 Å². The molecule has 0 aromatic heterocycles. The van der Waals surface area contributed by atoms with Gasteiger partial charge in [0.1, 0.15) is 11.2 Å². The monoisotopic (exact) mass is 412 g/mol. The Morgan fingerprint density at radius 1 is 1.14 bits per heavy atom. The molecular weight excluding hydrogens is 376 g/mol. The van der Waals surface area contributed by atoms with Gasteiger partial charge in [0.25, 0.3) is 0 Å². The molecule has 5 N–H and O–H groups in total. The minimum Gasteiger partial charge on any atom is -0.481 e. The van der Waals surface area contributed by atoms with Gasteiger partial charge in [0.05, 0.1) is 30.3 Å². The summed E-state index contributed by atoms with van der Waals surface area (Å²) in [6.07, 6.45) is -1.19. The molecule has 0 amide bonds. The zero-order valence-corrected chi connectivity index (χ0v) is 18.1. The van der Waals surface area contributed by atoms with Crippen molar-refractivity contribution in [3.05, 3.63) is 12.7 Å². The predicted octanol–water partition coefficient (Wildman–Crippen LogP) is 1.47. The van der Waals surface area contributed by atoms with Crippen LogP contribution in [0.3, 0.4) is 0 Å². The molecule has 2 aliphatic carbocycles. The van der Waals surface area contributed by atoms with E-state index in [9.17, 15) is 30.3 Å². The Morgan fingerprint density at radius 3 is 2.24 bits per heavy atom. The van der Waals surface area contributed by atoms with Gasteiger partial charge in [0.15, 0.2) is 0 Å². The molecule has 3 rings (SSSR count). The quantitative estimate of drug-likeness (QED) is 0.444. The Hall–Kier alpha value is -0.990. The molecule has 3 fully saturated rings. The van der Waals surface area contributed by atoms with Crippen molar-refractivity contribution in [1.82, 2.24) is 0 Å².